The second-order valence-electron chi connectivity index (χ2n) is 4.55. The number of fused-ring (bicyclic) bond motifs is 1. The molecule has 0 saturated heterocycles. The third-order valence-corrected chi connectivity index (χ3v) is 4.23. The Morgan fingerprint density at radius 3 is 2.13 bits per heavy atom. The predicted molar refractivity (Wildman–Crippen MR) is 66.5 cm³/mol. The molecule has 1 aliphatic carbocycles. The molecule has 1 aromatic rings. The molecule has 1 nitrogen and oxygen atoms in total. The quantitative estimate of drug-likeness (QED) is 0.636. The first-order valence-corrected chi connectivity index (χ1v) is 7.26. The third-order valence-electron chi connectivity index (χ3n) is 3.29. The van der Waals surface area contributed by atoms with Crippen molar-refractivity contribution in [1.29, 1.82) is 0 Å². The molecule has 0 aromatic carbocycles. The average Bonchev–Trinajstić information content (AvgIpc) is 2.65. The Morgan fingerprint density at radius 1 is 0.800 bits per heavy atom. The van der Waals surface area contributed by atoms with Gasteiger partial charge in [0.1, 0.15) is 0 Å². The van der Waals surface area contributed by atoms with E-state index in [0.29, 0.717) is 0 Å². The van der Waals surface area contributed by atoms with Crippen molar-refractivity contribution < 1.29 is 0 Å². The molecule has 84 valence electrons. The Bertz CT molecular complexity index is 253. The lowest BCUT2D eigenvalue weighted by molar-refractivity contribution is 0.559. The van der Waals surface area contributed by atoms with Gasteiger partial charge in [-0.25, -0.2) is 4.98 Å². The fourth-order valence-electron chi connectivity index (χ4n) is 2.34. The SMILES string of the molecule is c1nc2c(s1)CCCCCCCCCC2. The van der Waals surface area contributed by atoms with Crippen LogP contribution >= 0.6 is 11.3 Å². The van der Waals surface area contributed by atoms with E-state index in [9.17, 15) is 0 Å². The van der Waals surface area contributed by atoms with Crippen LogP contribution in [0, 0.1) is 0 Å². The maximum absolute atomic E-state index is 4.50. The van der Waals surface area contributed by atoms with Gasteiger partial charge < -0.3 is 0 Å². The van der Waals surface area contributed by atoms with Crippen LogP contribution in [0.25, 0.3) is 0 Å². The van der Waals surface area contributed by atoms with E-state index in [1.807, 2.05) is 16.8 Å². The molecule has 1 aromatic heterocycles. The maximum Gasteiger partial charge on any atom is 0.0797 e. The second kappa shape index (κ2) is 6.26. The van der Waals surface area contributed by atoms with Crippen LogP contribution in [-0.2, 0) is 12.8 Å². The average molecular weight is 223 g/mol. The van der Waals surface area contributed by atoms with E-state index in [1.54, 1.807) is 4.88 Å². The molecule has 0 amide bonds. The van der Waals surface area contributed by atoms with Crippen molar-refractivity contribution in [2.75, 3.05) is 0 Å². The summed E-state index contributed by atoms with van der Waals surface area (Å²) in [6, 6.07) is 0. The molecular formula is C13H21NS. The van der Waals surface area contributed by atoms with Crippen molar-refractivity contribution in [3.8, 4) is 0 Å². The minimum atomic E-state index is 1.22. The van der Waals surface area contributed by atoms with Gasteiger partial charge in [-0.1, -0.05) is 38.5 Å². The highest BCUT2D eigenvalue weighted by atomic mass is 32.1. The molecule has 1 aliphatic rings. The first kappa shape index (κ1) is 11.1. The molecule has 0 saturated carbocycles. The van der Waals surface area contributed by atoms with E-state index in [-0.39, 0.29) is 0 Å². The molecule has 0 unspecified atom stereocenters. The van der Waals surface area contributed by atoms with Crippen LogP contribution in [0.5, 0.6) is 0 Å². The van der Waals surface area contributed by atoms with Crippen LogP contribution in [0.4, 0.5) is 0 Å². The summed E-state index contributed by atoms with van der Waals surface area (Å²) < 4.78 is 0. The van der Waals surface area contributed by atoms with Crippen molar-refractivity contribution in [3.05, 3.63) is 16.1 Å². The highest BCUT2D eigenvalue weighted by molar-refractivity contribution is 7.09. The van der Waals surface area contributed by atoms with Gasteiger partial charge in [-0.05, 0) is 25.7 Å². The van der Waals surface area contributed by atoms with E-state index in [1.165, 1.54) is 69.9 Å². The number of aryl methyl sites for hydroxylation is 2. The largest absolute Gasteiger partial charge is 0.249 e. The number of hydrogen-bond acceptors (Lipinski definition) is 2. The zero-order valence-corrected chi connectivity index (χ0v) is 10.3. The first-order chi connectivity index (χ1) is 7.47. The van der Waals surface area contributed by atoms with Crippen LogP contribution < -0.4 is 0 Å². The van der Waals surface area contributed by atoms with Gasteiger partial charge in [0.05, 0.1) is 11.2 Å². The van der Waals surface area contributed by atoms with Gasteiger partial charge in [-0.2, -0.15) is 0 Å². The molecule has 0 spiro atoms. The topological polar surface area (TPSA) is 12.9 Å². The van der Waals surface area contributed by atoms with Crippen molar-refractivity contribution in [2.24, 2.45) is 0 Å². The zero-order chi connectivity index (χ0) is 10.3. The molecule has 0 aliphatic heterocycles. The minimum absolute atomic E-state index is 1.22. The van der Waals surface area contributed by atoms with Gasteiger partial charge >= 0.3 is 0 Å². The van der Waals surface area contributed by atoms with Crippen LogP contribution in [0.2, 0.25) is 0 Å². The Balaban J connectivity index is 1.92. The van der Waals surface area contributed by atoms with Gasteiger partial charge in [0.25, 0.3) is 0 Å². The van der Waals surface area contributed by atoms with Crippen molar-refractivity contribution in [1.82, 2.24) is 4.98 Å². The van der Waals surface area contributed by atoms with Crippen LogP contribution in [0.15, 0.2) is 5.51 Å². The number of hydrogen-bond donors (Lipinski definition) is 0. The summed E-state index contributed by atoms with van der Waals surface area (Å²) in [4.78, 5) is 6.07. The summed E-state index contributed by atoms with van der Waals surface area (Å²) in [5.41, 5.74) is 3.44. The molecule has 0 fully saturated rings. The molecular weight excluding hydrogens is 202 g/mol. The van der Waals surface area contributed by atoms with E-state index in [4.69, 9.17) is 0 Å². The lowest BCUT2D eigenvalue weighted by Gasteiger charge is -2.06. The zero-order valence-electron chi connectivity index (χ0n) is 9.50. The highest BCUT2D eigenvalue weighted by Crippen LogP contribution is 2.21. The predicted octanol–water partition coefficient (Wildman–Crippen LogP) is 4.36. The lowest BCUT2D eigenvalue weighted by atomic mass is 10.0. The molecule has 1 heterocycles. The molecule has 15 heavy (non-hydrogen) atoms. The Hall–Kier alpha value is -0.370. The van der Waals surface area contributed by atoms with E-state index >= 15 is 0 Å². The summed E-state index contributed by atoms with van der Waals surface area (Å²) in [6.07, 6.45) is 13.8. The summed E-state index contributed by atoms with van der Waals surface area (Å²) in [5, 5.41) is 0. The molecule has 2 heteroatoms. The monoisotopic (exact) mass is 223 g/mol. The van der Waals surface area contributed by atoms with Crippen LogP contribution in [-0.4, -0.2) is 4.98 Å². The third kappa shape index (κ3) is 3.60. The molecule has 0 N–H and O–H groups in total. The summed E-state index contributed by atoms with van der Waals surface area (Å²) in [7, 11) is 0. The van der Waals surface area contributed by atoms with Crippen molar-refractivity contribution in [2.45, 2.75) is 64.2 Å². The maximum atomic E-state index is 4.50. The Kier molecular flexibility index (Phi) is 4.65. The number of nitrogens with zero attached hydrogens (tertiary/aromatic N) is 1. The van der Waals surface area contributed by atoms with Crippen LogP contribution in [0.3, 0.4) is 0 Å². The summed E-state index contributed by atoms with van der Waals surface area (Å²) in [6.45, 7) is 0. The molecule has 0 radical (unpaired) electrons. The normalized spacial score (nSPS) is 20.0. The van der Waals surface area contributed by atoms with E-state index in [0.717, 1.165) is 0 Å². The van der Waals surface area contributed by atoms with E-state index in [2.05, 4.69) is 4.98 Å². The number of rotatable bonds is 0. The Morgan fingerprint density at radius 2 is 1.40 bits per heavy atom. The highest BCUT2D eigenvalue weighted by Gasteiger charge is 2.06. The first-order valence-electron chi connectivity index (χ1n) is 6.38. The van der Waals surface area contributed by atoms with Crippen molar-refractivity contribution in [3.63, 3.8) is 0 Å². The van der Waals surface area contributed by atoms with Gasteiger partial charge in [0.2, 0.25) is 0 Å². The fourth-order valence-corrected chi connectivity index (χ4v) is 3.20. The minimum Gasteiger partial charge on any atom is -0.249 e. The van der Waals surface area contributed by atoms with Gasteiger partial charge in [0, 0.05) is 4.88 Å². The van der Waals surface area contributed by atoms with Crippen LogP contribution in [0.1, 0.15) is 61.9 Å². The van der Waals surface area contributed by atoms with Crippen molar-refractivity contribution >= 4 is 11.3 Å². The number of thiazole rings is 1. The Labute approximate surface area is 96.9 Å². The summed E-state index contributed by atoms with van der Waals surface area (Å²) in [5.74, 6) is 0. The van der Waals surface area contributed by atoms with E-state index < -0.39 is 0 Å². The standard InChI is InChI=1S/C13H21NS/c1-2-4-6-8-10-13-12(14-11-15-13)9-7-5-3-1/h11H,1-10H2. The molecule has 0 atom stereocenters. The number of aromatic nitrogens is 1. The molecule has 0 bridgehead atoms. The smallest absolute Gasteiger partial charge is 0.0797 e. The van der Waals surface area contributed by atoms with Gasteiger partial charge in [-0.3, -0.25) is 0 Å². The fraction of sp³-hybridized carbons (Fsp3) is 0.769. The summed E-state index contributed by atoms with van der Waals surface area (Å²) >= 11 is 1.86. The van der Waals surface area contributed by atoms with Gasteiger partial charge in [-0.15, -0.1) is 11.3 Å². The molecule has 2 rings (SSSR count). The second-order valence-corrected chi connectivity index (χ2v) is 5.49. The van der Waals surface area contributed by atoms with Gasteiger partial charge in [0.15, 0.2) is 0 Å². The lowest BCUT2D eigenvalue weighted by Crippen LogP contribution is -1.94.